The Balaban J connectivity index is 1.49. The quantitative estimate of drug-likeness (QED) is 0.678. The Morgan fingerprint density at radius 3 is 2.21 bits per heavy atom. The first-order valence-corrected chi connectivity index (χ1v) is 9.39. The summed E-state index contributed by atoms with van der Waals surface area (Å²) in [4.78, 5) is 29.2. The standard InChI is InChI=1S/C22H22N2O5/c1-27-16-5-3-15(4-6-16)23-9-11-24(12-10-23)22(26)21-14-19(25)18-8-7-17(28-2)13-20(18)29-21/h3-8,13-14H,9-12H2,1-2H3. The van der Waals surface area contributed by atoms with Crippen molar-refractivity contribution in [2.24, 2.45) is 0 Å². The summed E-state index contributed by atoms with van der Waals surface area (Å²) < 4.78 is 16.1. The van der Waals surface area contributed by atoms with E-state index in [1.54, 1.807) is 30.2 Å². The minimum Gasteiger partial charge on any atom is -0.497 e. The van der Waals surface area contributed by atoms with Gasteiger partial charge < -0.3 is 23.7 Å². The number of hydrogen-bond donors (Lipinski definition) is 0. The first kappa shape index (κ1) is 18.9. The summed E-state index contributed by atoms with van der Waals surface area (Å²) in [5.41, 5.74) is 1.19. The van der Waals surface area contributed by atoms with Crippen molar-refractivity contribution >= 4 is 22.6 Å². The minimum atomic E-state index is -0.277. The van der Waals surface area contributed by atoms with Gasteiger partial charge in [-0.15, -0.1) is 0 Å². The number of benzene rings is 2. The van der Waals surface area contributed by atoms with Crippen molar-refractivity contribution in [3.63, 3.8) is 0 Å². The normalized spacial score (nSPS) is 14.1. The summed E-state index contributed by atoms with van der Waals surface area (Å²) in [6.07, 6.45) is 0. The number of ether oxygens (including phenoxy) is 2. The maximum atomic E-state index is 12.9. The number of anilines is 1. The van der Waals surface area contributed by atoms with Crippen LogP contribution in [0.15, 0.2) is 57.7 Å². The number of amides is 1. The predicted octanol–water partition coefficient (Wildman–Crippen LogP) is 2.77. The maximum absolute atomic E-state index is 12.9. The van der Waals surface area contributed by atoms with Crippen LogP contribution in [0, 0.1) is 0 Å². The molecule has 0 bridgehead atoms. The molecule has 0 N–H and O–H groups in total. The van der Waals surface area contributed by atoms with Gasteiger partial charge in [-0.2, -0.15) is 0 Å². The lowest BCUT2D eigenvalue weighted by Gasteiger charge is -2.35. The Hall–Kier alpha value is -3.48. The van der Waals surface area contributed by atoms with Crippen LogP contribution < -0.4 is 19.8 Å². The minimum absolute atomic E-state index is 0.0497. The molecule has 1 amide bonds. The summed E-state index contributed by atoms with van der Waals surface area (Å²) in [5.74, 6) is 1.15. The molecule has 1 fully saturated rings. The zero-order chi connectivity index (χ0) is 20.4. The van der Waals surface area contributed by atoms with Crippen molar-refractivity contribution in [3.8, 4) is 11.5 Å². The van der Waals surface area contributed by atoms with Gasteiger partial charge in [-0.3, -0.25) is 9.59 Å². The topological polar surface area (TPSA) is 72.2 Å². The van der Waals surface area contributed by atoms with E-state index in [0.29, 0.717) is 42.9 Å². The summed E-state index contributed by atoms with van der Waals surface area (Å²) in [5, 5.41) is 0.423. The Morgan fingerprint density at radius 1 is 0.897 bits per heavy atom. The molecule has 2 heterocycles. The lowest BCUT2D eigenvalue weighted by atomic mass is 10.2. The van der Waals surface area contributed by atoms with Crippen LogP contribution in [0.4, 0.5) is 5.69 Å². The molecule has 1 aromatic heterocycles. The molecule has 2 aromatic carbocycles. The highest BCUT2D eigenvalue weighted by molar-refractivity contribution is 5.93. The van der Waals surface area contributed by atoms with Crippen molar-refractivity contribution in [1.82, 2.24) is 4.90 Å². The molecule has 4 rings (SSSR count). The molecule has 29 heavy (non-hydrogen) atoms. The summed E-state index contributed by atoms with van der Waals surface area (Å²) in [6, 6.07) is 14.1. The van der Waals surface area contributed by atoms with Crippen LogP contribution in [0.1, 0.15) is 10.6 Å². The molecule has 1 aliphatic rings. The molecule has 0 unspecified atom stereocenters. The summed E-state index contributed by atoms with van der Waals surface area (Å²) >= 11 is 0. The number of methoxy groups -OCH3 is 2. The molecular weight excluding hydrogens is 372 g/mol. The van der Waals surface area contributed by atoms with Gasteiger partial charge in [-0.25, -0.2) is 0 Å². The van der Waals surface area contributed by atoms with E-state index in [0.717, 1.165) is 11.4 Å². The summed E-state index contributed by atoms with van der Waals surface area (Å²) in [6.45, 7) is 2.49. The largest absolute Gasteiger partial charge is 0.497 e. The van der Waals surface area contributed by atoms with E-state index in [2.05, 4.69) is 4.90 Å². The SMILES string of the molecule is COc1ccc(N2CCN(C(=O)c3cc(=O)c4ccc(OC)cc4o3)CC2)cc1. The van der Waals surface area contributed by atoms with E-state index in [1.807, 2.05) is 24.3 Å². The number of fused-ring (bicyclic) bond motifs is 1. The van der Waals surface area contributed by atoms with Gasteiger partial charge in [-0.05, 0) is 36.4 Å². The van der Waals surface area contributed by atoms with E-state index in [-0.39, 0.29) is 17.1 Å². The van der Waals surface area contributed by atoms with Crippen LogP contribution in [0.25, 0.3) is 11.0 Å². The van der Waals surface area contributed by atoms with E-state index in [9.17, 15) is 9.59 Å². The molecule has 1 saturated heterocycles. The first-order valence-electron chi connectivity index (χ1n) is 9.39. The third kappa shape index (κ3) is 3.76. The number of nitrogens with zero attached hydrogens (tertiary/aromatic N) is 2. The van der Waals surface area contributed by atoms with Crippen molar-refractivity contribution in [3.05, 3.63) is 64.5 Å². The van der Waals surface area contributed by atoms with E-state index >= 15 is 0 Å². The molecule has 3 aromatic rings. The first-order chi connectivity index (χ1) is 14.1. The van der Waals surface area contributed by atoms with Crippen LogP contribution in [-0.2, 0) is 0 Å². The number of carbonyl (C=O) groups excluding carboxylic acids is 1. The van der Waals surface area contributed by atoms with E-state index in [1.165, 1.54) is 13.2 Å². The molecule has 7 heteroatoms. The average Bonchev–Trinajstić information content (AvgIpc) is 2.78. The lowest BCUT2D eigenvalue weighted by Crippen LogP contribution is -2.48. The van der Waals surface area contributed by atoms with Crippen molar-refractivity contribution in [2.75, 3.05) is 45.3 Å². The third-order valence-electron chi connectivity index (χ3n) is 5.15. The summed E-state index contributed by atoms with van der Waals surface area (Å²) in [7, 11) is 3.18. The Kier molecular flexibility index (Phi) is 5.12. The van der Waals surface area contributed by atoms with Gasteiger partial charge in [0.2, 0.25) is 0 Å². The van der Waals surface area contributed by atoms with Crippen molar-refractivity contribution < 1.29 is 18.7 Å². The average molecular weight is 394 g/mol. The van der Waals surface area contributed by atoms with Gasteiger partial charge >= 0.3 is 0 Å². The molecule has 0 aliphatic carbocycles. The fourth-order valence-corrected chi connectivity index (χ4v) is 3.48. The number of carbonyl (C=O) groups is 1. The monoisotopic (exact) mass is 394 g/mol. The molecule has 1 aliphatic heterocycles. The Bertz CT molecular complexity index is 1080. The Labute approximate surface area is 168 Å². The highest BCUT2D eigenvalue weighted by atomic mass is 16.5. The predicted molar refractivity (Wildman–Crippen MR) is 110 cm³/mol. The molecule has 0 atom stereocenters. The van der Waals surface area contributed by atoms with Crippen LogP contribution in [-0.4, -0.2) is 51.2 Å². The van der Waals surface area contributed by atoms with Gasteiger partial charge in [0.05, 0.1) is 19.6 Å². The second kappa shape index (κ2) is 7.87. The van der Waals surface area contributed by atoms with Crippen molar-refractivity contribution in [1.29, 1.82) is 0 Å². The molecule has 150 valence electrons. The molecule has 7 nitrogen and oxygen atoms in total. The Morgan fingerprint density at radius 2 is 1.55 bits per heavy atom. The zero-order valence-electron chi connectivity index (χ0n) is 16.4. The van der Waals surface area contributed by atoms with Crippen LogP contribution in [0.3, 0.4) is 0 Å². The highest BCUT2D eigenvalue weighted by Gasteiger charge is 2.24. The molecule has 0 radical (unpaired) electrons. The van der Waals surface area contributed by atoms with E-state index < -0.39 is 0 Å². The second-order valence-corrected chi connectivity index (χ2v) is 6.81. The van der Waals surface area contributed by atoms with Crippen molar-refractivity contribution in [2.45, 2.75) is 0 Å². The third-order valence-corrected chi connectivity index (χ3v) is 5.15. The van der Waals surface area contributed by atoms with Crippen LogP contribution in [0.2, 0.25) is 0 Å². The number of hydrogen-bond acceptors (Lipinski definition) is 6. The number of rotatable bonds is 4. The zero-order valence-corrected chi connectivity index (χ0v) is 16.4. The van der Waals surface area contributed by atoms with Crippen LogP contribution >= 0.6 is 0 Å². The lowest BCUT2D eigenvalue weighted by molar-refractivity contribution is 0.0715. The fraction of sp³-hybridized carbons (Fsp3) is 0.273. The van der Waals surface area contributed by atoms with Gasteiger partial charge in [0, 0.05) is 44.0 Å². The molecule has 0 spiro atoms. The highest BCUT2D eigenvalue weighted by Crippen LogP contribution is 2.22. The smallest absolute Gasteiger partial charge is 0.289 e. The molecular formula is C22H22N2O5. The molecule has 0 saturated carbocycles. The van der Waals surface area contributed by atoms with Gasteiger partial charge in [-0.1, -0.05) is 0 Å². The van der Waals surface area contributed by atoms with Gasteiger partial charge in [0.1, 0.15) is 17.1 Å². The maximum Gasteiger partial charge on any atom is 0.289 e. The number of piperazine rings is 1. The second-order valence-electron chi connectivity index (χ2n) is 6.81. The van der Waals surface area contributed by atoms with E-state index in [4.69, 9.17) is 13.9 Å². The van der Waals surface area contributed by atoms with Crippen LogP contribution in [0.5, 0.6) is 11.5 Å². The van der Waals surface area contributed by atoms with Gasteiger partial charge in [0.25, 0.3) is 5.91 Å². The van der Waals surface area contributed by atoms with Gasteiger partial charge in [0.15, 0.2) is 11.2 Å². The fourth-order valence-electron chi connectivity index (χ4n) is 3.48.